The third kappa shape index (κ3) is 4.47. The van der Waals surface area contributed by atoms with E-state index >= 15 is 0 Å². The van der Waals surface area contributed by atoms with Crippen molar-refractivity contribution in [1.29, 1.82) is 0 Å². The van der Waals surface area contributed by atoms with Crippen LogP contribution in [0.2, 0.25) is 10.0 Å². The molecule has 3 aromatic carbocycles. The first-order chi connectivity index (χ1) is 13.2. The maximum absolute atomic E-state index is 6.07. The van der Waals surface area contributed by atoms with Gasteiger partial charge in [-0.25, -0.2) is 0 Å². The van der Waals surface area contributed by atoms with E-state index in [4.69, 9.17) is 27.9 Å². The molecule has 0 saturated heterocycles. The van der Waals surface area contributed by atoms with E-state index in [1.54, 1.807) is 12.1 Å². The summed E-state index contributed by atoms with van der Waals surface area (Å²) in [6.07, 6.45) is 3.59. The van der Waals surface area contributed by atoms with E-state index in [-0.39, 0.29) is 0 Å². The van der Waals surface area contributed by atoms with Gasteiger partial charge in [-0.05, 0) is 60.2 Å². The van der Waals surface area contributed by atoms with Gasteiger partial charge in [-0.2, -0.15) is 0 Å². The van der Waals surface area contributed by atoms with Gasteiger partial charge in [-0.1, -0.05) is 59.6 Å². The zero-order chi connectivity index (χ0) is 18.6. The van der Waals surface area contributed by atoms with Gasteiger partial charge in [0, 0.05) is 18.7 Å². The van der Waals surface area contributed by atoms with E-state index in [1.807, 2.05) is 18.2 Å². The number of hydrogen-bond acceptors (Lipinski definition) is 2. The molecule has 0 heterocycles. The van der Waals surface area contributed by atoms with Crippen LogP contribution in [0.25, 0.3) is 0 Å². The summed E-state index contributed by atoms with van der Waals surface area (Å²) in [5, 5.41) is 4.72. The van der Waals surface area contributed by atoms with Gasteiger partial charge >= 0.3 is 0 Å². The second-order valence-corrected chi connectivity index (χ2v) is 7.66. The van der Waals surface area contributed by atoms with Crippen molar-refractivity contribution in [3.63, 3.8) is 0 Å². The lowest BCUT2D eigenvalue weighted by Gasteiger charge is -2.26. The molecule has 1 N–H and O–H groups in total. The average Bonchev–Trinajstić information content (AvgIpc) is 2.69. The van der Waals surface area contributed by atoms with Gasteiger partial charge in [-0.3, -0.25) is 0 Å². The molecule has 0 unspecified atom stereocenters. The molecule has 27 heavy (non-hydrogen) atoms. The lowest BCUT2D eigenvalue weighted by atomic mass is 9.87. The zero-order valence-electron chi connectivity index (χ0n) is 14.9. The van der Waals surface area contributed by atoms with Crippen molar-refractivity contribution in [2.75, 3.05) is 0 Å². The van der Waals surface area contributed by atoms with E-state index in [1.165, 1.54) is 36.0 Å². The zero-order valence-corrected chi connectivity index (χ0v) is 16.4. The first kappa shape index (κ1) is 18.4. The van der Waals surface area contributed by atoms with Crippen molar-refractivity contribution < 1.29 is 4.74 Å². The van der Waals surface area contributed by atoms with Crippen LogP contribution in [0.1, 0.15) is 35.6 Å². The summed E-state index contributed by atoms with van der Waals surface area (Å²) in [5.41, 5.74) is 4.10. The number of nitrogens with one attached hydrogen (secondary N) is 1. The fraction of sp³-hybridized carbons (Fsp3) is 0.217. The topological polar surface area (TPSA) is 21.3 Å². The van der Waals surface area contributed by atoms with Gasteiger partial charge in [0.05, 0.1) is 10.0 Å². The summed E-state index contributed by atoms with van der Waals surface area (Å²) < 4.78 is 5.93. The molecule has 0 spiro atoms. The van der Waals surface area contributed by atoms with Crippen LogP contribution >= 0.6 is 23.2 Å². The maximum Gasteiger partial charge on any atom is 0.129 e. The highest BCUT2D eigenvalue weighted by Crippen LogP contribution is 2.31. The van der Waals surface area contributed by atoms with E-state index in [0.29, 0.717) is 21.8 Å². The highest BCUT2D eigenvalue weighted by molar-refractivity contribution is 6.42. The molecular weight excluding hydrogens is 377 g/mol. The van der Waals surface area contributed by atoms with Crippen LogP contribution in [0.5, 0.6) is 11.5 Å². The number of fused-ring (bicyclic) bond motifs is 1. The Balaban J connectivity index is 1.43. The highest BCUT2D eigenvalue weighted by Gasteiger charge is 2.18. The quantitative estimate of drug-likeness (QED) is 0.502. The molecule has 0 saturated carbocycles. The van der Waals surface area contributed by atoms with Crippen LogP contribution in [0.3, 0.4) is 0 Å². The van der Waals surface area contributed by atoms with Crippen molar-refractivity contribution in [2.45, 2.75) is 31.8 Å². The molecule has 0 radical (unpaired) electrons. The first-order valence-electron chi connectivity index (χ1n) is 9.22. The molecule has 138 valence electrons. The van der Waals surface area contributed by atoms with Crippen molar-refractivity contribution in [1.82, 2.24) is 5.32 Å². The molecule has 1 aliphatic carbocycles. The van der Waals surface area contributed by atoms with Crippen molar-refractivity contribution in [2.24, 2.45) is 0 Å². The minimum atomic E-state index is 0.412. The molecular formula is C23H21Cl2NO. The summed E-state index contributed by atoms with van der Waals surface area (Å²) in [6, 6.07) is 22.6. The van der Waals surface area contributed by atoms with Crippen molar-refractivity contribution in [3.8, 4) is 11.5 Å². The third-order valence-electron chi connectivity index (χ3n) is 4.95. The van der Waals surface area contributed by atoms with Gasteiger partial charge in [0.15, 0.2) is 0 Å². The summed E-state index contributed by atoms with van der Waals surface area (Å²) >= 11 is 12.0. The Bertz CT molecular complexity index is 941. The lowest BCUT2D eigenvalue weighted by molar-refractivity contribution is 0.456. The van der Waals surface area contributed by atoms with Crippen LogP contribution in [0.4, 0.5) is 0 Å². The van der Waals surface area contributed by atoms with Gasteiger partial charge in [0.2, 0.25) is 0 Å². The SMILES string of the molecule is Clc1ccc(Oc2cccc(CN[C@H]3CCCc4ccccc43)c2)cc1Cl. The predicted octanol–water partition coefficient (Wildman–Crippen LogP) is 6.95. The lowest BCUT2D eigenvalue weighted by Crippen LogP contribution is -2.24. The summed E-state index contributed by atoms with van der Waals surface area (Å²) in [6.45, 7) is 0.803. The van der Waals surface area contributed by atoms with E-state index in [2.05, 4.69) is 41.7 Å². The Morgan fingerprint density at radius 1 is 0.889 bits per heavy atom. The van der Waals surface area contributed by atoms with Crippen LogP contribution in [-0.4, -0.2) is 0 Å². The smallest absolute Gasteiger partial charge is 0.129 e. The number of hydrogen-bond donors (Lipinski definition) is 1. The van der Waals surface area contributed by atoms with Crippen molar-refractivity contribution in [3.05, 3.63) is 93.5 Å². The van der Waals surface area contributed by atoms with Gasteiger partial charge in [0.25, 0.3) is 0 Å². The van der Waals surface area contributed by atoms with E-state index in [0.717, 1.165) is 12.3 Å². The Kier molecular flexibility index (Phi) is 5.68. The van der Waals surface area contributed by atoms with E-state index in [9.17, 15) is 0 Å². The predicted molar refractivity (Wildman–Crippen MR) is 112 cm³/mol. The molecule has 4 rings (SSSR count). The first-order valence-corrected chi connectivity index (χ1v) is 9.98. The summed E-state index contributed by atoms with van der Waals surface area (Å²) in [7, 11) is 0. The summed E-state index contributed by atoms with van der Waals surface area (Å²) in [4.78, 5) is 0. The fourth-order valence-corrected chi connectivity index (χ4v) is 3.89. The van der Waals surface area contributed by atoms with E-state index < -0.39 is 0 Å². The average molecular weight is 398 g/mol. The molecule has 4 heteroatoms. The molecule has 3 aromatic rings. The number of ether oxygens (including phenoxy) is 1. The largest absolute Gasteiger partial charge is 0.457 e. The molecule has 1 atom stereocenters. The third-order valence-corrected chi connectivity index (χ3v) is 5.69. The van der Waals surface area contributed by atoms with Crippen LogP contribution in [0.15, 0.2) is 66.7 Å². The van der Waals surface area contributed by atoms with Crippen LogP contribution < -0.4 is 10.1 Å². The van der Waals surface area contributed by atoms with Crippen LogP contribution in [0, 0.1) is 0 Å². The molecule has 0 fully saturated rings. The standard InChI is InChI=1S/C23H21Cl2NO/c24-21-12-11-19(14-22(21)25)27-18-8-3-5-16(13-18)15-26-23-10-4-7-17-6-1-2-9-20(17)23/h1-3,5-6,8-9,11-14,23,26H,4,7,10,15H2/t23-/m0/s1. The number of rotatable bonds is 5. The van der Waals surface area contributed by atoms with Gasteiger partial charge < -0.3 is 10.1 Å². The minimum absolute atomic E-state index is 0.412. The van der Waals surface area contributed by atoms with Crippen LogP contribution in [-0.2, 0) is 13.0 Å². The Hall–Kier alpha value is -2.00. The van der Waals surface area contributed by atoms with Crippen molar-refractivity contribution >= 4 is 23.2 Å². The number of benzene rings is 3. The minimum Gasteiger partial charge on any atom is -0.457 e. The monoisotopic (exact) mass is 397 g/mol. The Morgan fingerprint density at radius 2 is 1.74 bits per heavy atom. The Labute approximate surface area is 170 Å². The molecule has 0 bridgehead atoms. The Morgan fingerprint density at radius 3 is 2.63 bits per heavy atom. The molecule has 0 aromatic heterocycles. The molecule has 1 aliphatic rings. The fourth-order valence-electron chi connectivity index (χ4n) is 3.60. The normalized spacial score (nSPS) is 16.0. The molecule has 0 amide bonds. The van der Waals surface area contributed by atoms with Gasteiger partial charge in [-0.15, -0.1) is 0 Å². The second-order valence-electron chi connectivity index (χ2n) is 6.85. The molecule has 2 nitrogen and oxygen atoms in total. The van der Waals surface area contributed by atoms with Gasteiger partial charge in [0.1, 0.15) is 11.5 Å². The second kappa shape index (κ2) is 8.35. The number of aryl methyl sites for hydroxylation is 1. The number of halogens is 2. The highest BCUT2D eigenvalue weighted by atomic mass is 35.5. The molecule has 0 aliphatic heterocycles. The summed E-state index contributed by atoms with van der Waals surface area (Å²) in [5.74, 6) is 1.47. The maximum atomic E-state index is 6.07.